The Kier molecular flexibility index (Phi) is 33.4. The molecule has 9 nitrogen and oxygen atoms in total. The summed E-state index contributed by atoms with van der Waals surface area (Å²) >= 11 is 0. The molecule has 0 spiro atoms. The Bertz CT molecular complexity index is 1030. The number of carbonyl (C=O) groups is 2. The molecule has 0 rings (SSSR count). The highest BCUT2D eigenvalue weighted by Crippen LogP contribution is 2.43. The van der Waals surface area contributed by atoms with Crippen LogP contribution in [0.4, 0.5) is 0 Å². The molecule has 0 radical (unpaired) electrons. The van der Waals surface area contributed by atoms with E-state index in [1.165, 1.54) is 64.2 Å². The molecule has 0 amide bonds. The zero-order valence-corrected chi connectivity index (χ0v) is 34.7. The average Bonchev–Trinajstić information content (AvgIpc) is 3.09. The number of allylic oxidation sites excluding steroid dienone is 8. The molecular formula is C42H77NO8P+. The van der Waals surface area contributed by atoms with E-state index in [1.54, 1.807) is 0 Å². The maximum atomic E-state index is 12.6. The van der Waals surface area contributed by atoms with Crippen LogP contribution in [0, 0.1) is 0 Å². The molecule has 0 aromatic heterocycles. The average molecular weight is 755 g/mol. The monoisotopic (exact) mass is 755 g/mol. The van der Waals surface area contributed by atoms with Gasteiger partial charge in [0.25, 0.3) is 0 Å². The van der Waals surface area contributed by atoms with Gasteiger partial charge in [0.1, 0.15) is 19.8 Å². The van der Waals surface area contributed by atoms with Crippen LogP contribution in [0.1, 0.15) is 155 Å². The molecule has 2 unspecified atom stereocenters. The van der Waals surface area contributed by atoms with Gasteiger partial charge in [-0.2, -0.15) is 0 Å². The number of ether oxygens (including phenoxy) is 2. The molecule has 0 aromatic carbocycles. The lowest BCUT2D eigenvalue weighted by Gasteiger charge is -2.24. The molecule has 0 bridgehead atoms. The first kappa shape index (κ1) is 50.0. The van der Waals surface area contributed by atoms with Crippen LogP contribution < -0.4 is 0 Å². The van der Waals surface area contributed by atoms with Crippen molar-refractivity contribution in [2.75, 3.05) is 47.5 Å². The third-order valence-electron chi connectivity index (χ3n) is 8.37. The molecule has 0 heterocycles. The van der Waals surface area contributed by atoms with E-state index < -0.39 is 26.5 Å². The van der Waals surface area contributed by atoms with E-state index in [9.17, 15) is 19.0 Å². The molecule has 302 valence electrons. The van der Waals surface area contributed by atoms with Gasteiger partial charge in [-0.15, -0.1) is 0 Å². The summed E-state index contributed by atoms with van der Waals surface area (Å²) in [5, 5.41) is 0. The third kappa shape index (κ3) is 37.7. The highest BCUT2D eigenvalue weighted by Gasteiger charge is 2.27. The summed E-state index contributed by atoms with van der Waals surface area (Å²) in [6.07, 6.45) is 38.7. The van der Waals surface area contributed by atoms with Crippen molar-refractivity contribution in [3.63, 3.8) is 0 Å². The number of quaternary nitrogens is 1. The zero-order valence-electron chi connectivity index (χ0n) is 33.8. The SMILES string of the molecule is CC/C=C\C/C=C\C/C=C\C/C=C\CCCCC(=O)OC(COC(=O)CCCCCCCCCCCCCCC)COP(=O)(O)OCC[N+](C)(C)C. The fraction of sp³-hybridized carbons (Fsp3) is 0.762. The number of phosphoric ester groups is 1. The first-order chi connectivity index (χ1) is 25.0. The fourth-order valence-electron chi connectivity index (χ4n) is 5.18. The lowest BCUT2D eigenvalue weighted by atomic mass is 10.0. The van der Waals surface area contributed by atoms with Gasteiger partial charge in [-0.25, -0.2) is 4.57 Å². The molecule has 10 heteroatoms. The predicted octanol–water partition coefficient (Wildman–Crippen LogP) is 11.1. The van der Waals surface area contributed by atoms with Gasteiger partial charge in [0, 0.05) is 12.8 Å². The second-order valence-electron chi connectivity index (χ2n) is 14.6. The Morgan fingerprint density at radius 1 is 0.615 bits per heavy atom. The summed E-state index contributed by atoms with van der Waals surface area (Å²) in [7, 11) is 1.44. The van der Waals surface area contributed by atoms with Gasteiger partial charge in [0.2, 0.25) is 0 Å². The molecule has 2 atom stereocenters. The number of unbranched alkanes of at least 4 members (excludes halogenated alkanes) is 14. The molecule has 1 N–H and O–H groups in total. The number of hydrogen-bond donors (Lipinski definition) is 1. The Hall–Kier alpha value is -2.03. The van der Waals surface area contributed by atoms with E-state index in [4.69, 9.17) is 18.5 Å². The lowest BCUT2D eigenvalue weighted by Crippen LogP contribution is -2.37. The van der Waals surface area contributed by atoms with E-state index in [1.807, 2.05) is 21.1 Å². The van der Waals surface area contributed by atoms with E-state index in [0.717, 1.165) is 57.8 Å². The smallest absolute Gasteiger partial charge is 0.462 e. The largest absolute Gasteiger partial charge is 0.472 e. The lowest BCUT2D eigenvalue weighted by molar-refractivity contribution is -0.870. The molecule has 0 aliphatic heterocycles. The maximum absolute atomic E-state index is 12.6. The van der Waals surface area contributed by atoms with Crippen molar-refractivity contribution < 1.29 is 42.1 Å². The number of nitrogens with zero attached hydrogens (tertiary/aromatic N) is 1. The van der Waals surface area contributed by atoms with Crippen molar-refractivity contribution >= 4 is 19.8 Å². The minimum Gasteiger partial charge on any atom is -0.462 e. The molecule has 0 aliphatic rings. The van der Waals surface area contributed by atoms with Crippen LogP contribution in [0.3, 0.4) is 0 Å². The van der Waals surface area contributed by atoms with Crippen molar-refractivity contribution in [2.45, 2.75) is 161 Å². The Balaban J connectivity index is 4.49. The number of esters is 2. The number of carbonyl (C=O) groups excluding carboxylic acids is 2. The van der Waals surface area contributed by atoms with Crippen molar-refractivity contribution in [2.24, 2.45) is 0 Å². The number of rotatable bonds is 36. The van der Waals surface area contributed by atoms with Crippen LogP contribution in [-0.2, 0) is 32.7 Å². The predicted molar refractivity (Wildman–Crippen MR) is 215 cm³/mol. The van der Waals surface area contributed by atoms with Crippen molar-refractivity contribution in [1.29, 1.82) is 0 Å². The normalized spacial score (nSPS) is 14.2. The van der Waals surface area contributed by atoms with Gasteiger partial charge in [0.05, 0.1) is 27.7 Å². The first-order valence-corrected chi connectivity index (χ1v) is 21.9. The number of likely N-dealkylation sites (N-methyl/N-ethyl adjacent to an activating group) is 1. The zero-order chi connectivity index (χ0) is 38.6. The quantitative estimate of drug-likeness (QED) is 0.0221. The van der Waals surface area contributed by atoms with Crippen LogP contribution in [0.25, 0.3) is 0 Å². The van der Waals surface area contributed by atoms with Crippen LogP contribution >= 0.6 is 7.82 Å². The Labute approximate surface area is 318 Å². The standard InChI is InChI=1S/C42H76NO8P/c1-6-8-10-12-14-16-18-20-21-23-25-27-29-31-33-35-42(45)51-40(39-50-52(46,47)49-37-36-43(3,4)5)38-48-41(44)34-32-30-28-26-24-22-19-17-15-13-11-9-7-2/h8,10,14,16,20-21,25,27,40H,6-7,9,11-13,15,17-19,22-24,26,28-39H2,1-5H3/p+1/b10-8-,16-14-,21-20-,27-25-. The van der Waals surface area contributed by atoms with Crippen molar-refractivity contribution in [3.8, 4) is 0 Å². The highest BCUT2D eigenvalue weighted by molar-refractivity contribution is 7.47. The van der Waals surface area contributed by atoms with Gasteiger partial charge < -0.3 is 18.9 Å². The summed E-state index contributed by atoms with van der Waals surface area (Å²) in [4.78, 5) is 35.2. The minimum atomic E-state index is -4.38. The fourth-order valence-corrected chi connectivity index (χ4v) is 5.92. The summed E-state index contributed by atoms with van der Waals surface area (Å²) in [5.74, 6) is -0.849. The van der Waals surface area contributed by atoms with Crippen LogP contribution in [0.5, 0.6) is 0 Å². The molecule has 52 heavy (non-hydrogen) atoms. The van der Waals surface area contributed by atoms with E-state index >= 15 is 0 Å². The van der Waals surface area contributed by atoms with Crippen molar-refractivity contribution in [3.05, 3.63) is 48.6 Å². The first-order valence-electron chi connectivity index (χ1n) is 20.4. The molecule has 0 fully saturated rings. The Morgan fingerprint density at radius 2 is 1.10 bits per heavy atom. The second kappa shape index (κ2) is 34.7. The minimum absolute atomic E-state index is 0.0229. The van der Waals surface area contributed by atoms with Gasteiger partial charge >= 0.3 is 19.8 Å². The topological polar surface area (TPSA) is 108 Å². The van der Waals surface area contributed by atoms with Crippen molar-refractivity contribution in [1.82, 2.24) is 0 Å². The van der Waals surface area contributed by atoms with Gasteiger partial charge in [-0.3, -0.25) is 18.6 Å². The summed E-state index contributed by atoms with van der Waals surface area (Å²) < 4.78 is 34.2. The van der Waals surface area contributed by atoms with Gasteiger partial charge in [-0.05, 0) is 51.4 Å². The number of hydrogen-bond acceptors (Lipinski definition) is 7. The van der Waals surface area contributed by atoms with E-state index in [0.29, 0.717) is 17.4 Å². The van der Waals surface area contributed by atoms with E-state index in [-0.39, 0.29) is 32.0 Å². The summed E-state index contributed by atoms with van der Waals surface area (Å²) in [6, 6.07) is 0. The molecule has 0 aromatic rings. The molecule has 0 aliphatic carbocycles. The third-order valence-corrected chi connectivity index (χ3v) is 9.36. The van der Waals surface area contributed by atoms with Crippen LogP contribution in [-0.4, -0.2) is 74.9 Å². The highest BCUT2D eigenvalue weighted by atomic mass is 31.2. The Morgan fingerprint density at radius 3 is 1.63 bits per heavy atom. The van der Waals surface area contributed by atoms with Gasteiger partial charge in [-0.1, -0.05) is 140 Å². The molecule has 0 saturated carbocycles. The van der Waals surface area contributed by atoms with Crippen LogP contribution in [0.2, 0.25) is 0 Å². The second-order valence-corrected chi connectivity index (χ2v) is 16.1. The summed E-state index contributed by atoms with van der Waals surface area (Å²) in [5.41, 5.74) is 0. The maximum Gasteiger partial charge on any atom is 0.472 e. The van der Waals surface area contributed by atoms with Crippen LogP contribution in [0.15, 0.2) is 48.6 Å². The van der Waals surface area contributed by atoms with E-state index in [2.05, 4.69) is 62.5 Å². The molecule has 0 saturated heterocycles. The summed E-state index contributed by atoms with van der Waals surface area (Å²) in [6.45, 7) is 4.24. The number of phosphoric acid groups is 1. The van der Waals surface area contributed by atoms with Gasteiger partial charge in [0.15, 0.2) is 6.10 Å². The molecular weight excluding hydrogens is 677 g/mol.